The van der Waals surface area contributed by atoms with Gasteiger partial charge in [-0.05, 0) is 25.1 Å². The van der Waals surface area contributed by atoms with Crippen molar-refractivity contribution in [2.45, 2.75) is 13.5 Å². The van der Waals surface area contributed by atoms with E-state index >= 15 is 0 Å². The van der Waals surface area contributed by atoms with E-state index in [0.717, 1.165) is 11.3 Å². The Balaban J connectivity index is 0.00000208. The fourth-order valence-electron chi connectivity index (χ4n) is 2.23. The lowest BCUT2D eigenvalue weighted by molar-refractivity contribution is -0.671. The van der Waals surface area contributed by atoms with Crippen LogP contribution < -0.4 is 22.7 Å². The maximum absolute atomic E-state index is 6.12. The van der Waals surface area contributed by atoms with Gasteiger partial charge in [-0.1, -0.05) is 17.7 Å². The van der Waals surface area contributed by atoms with E-state index in [-0.39, 0.29) is 12.4 Å². The molecule has 0 spiro atoms. The molecule has 1 aromatic carbocycles. The van der Waals surface area contributed by atoms with Crippen molar-refractivity contribution in [1.82, 2.24) is 9.78 Å². The predicted octanol–water partition coefficient (Wildman–Crippen LogP) is 0.0659. The molecule has 0 fully saturated rings. The predicted molar refractivity (Wildman–Crippen MR) is 88.7 cm³/mol. The smallest absolute Gasteiger partial charge is 0.173 e. The molecular formula is C17H19ClN6. The van der Waals surface area contributed by atoms with Gasteiger partial charge in [-0.3, -0.25) is 0 Å². The summed E-state index contributed by atoms with van der Waals surface area (Å²) < 4.78 is 3.71. The SMILES string of the molecule is Cc1ccc(N=Nc2cnn(Cc3ccc[n+](C)c3)c2N)cc1.[Cl-]. The number of hydrogen-bond donors (Lipinski definition) is 1. The third kappa shape index (κ3) is 4.17. The third-order valence-corrected chi connectivity index (χ3v) is 3.50. The van der Waals surface area contributed by atoms with Crippen LogP contribution in [0.5, 0.6) is 0 Å². The number of nitrogens with two attached hydrogens (primary N) is 1. The van der Waals surface area contributed by atoms with Crippen molar-refractivity contribution < 1.29 is 17.0 Å². The Bertz CT molecular complexity index is 839. The molecule has 0 aliphatic carbocycles. The molecule has 24 heavy (non-hydrogen) atoms. The quantitative estimate of drug-likeness (QED) is 0.538. The first-order valence-electron chi connectivity index (χ1n) is 7.36. The van der Waals surface area contributed by atoms with Crippen LogP contribution >= 0.6 is 0 Å². The van der Waals surface area contributed by atoms with Crippen LogP contribution in [0.4, 0.5) is 17.2 Å². The fraction of sp³-hybridized carbons (Fsp3) is 0.176. The van der Waals surface area contributed by atoms with Gasteiger partial charge < -0.3 is 18.1 Å². The Hall–Kier alpha value is -2.73. The second kappa shape index (κ2) is 7.70. The average molecular weight is 343 g/mol. The summed E-state index contributed by atoms with van der Waals surface area (Å²) in [6.45, 7) is 2.63. The number of rotatable bonds is 4. The second-order valence-corrected chi connectivity index (χ2v) is 5.49. The minimum atomic E-state index is 0. The lowest BCUT2D eigenvalue weighted by Gasteiger charge is -2.03. The Morgan fingerprint density at radius 1 is 1.17 bits per heavy atom. The summed E-state index contributed by atoms with van der Waals surface area (Å²) in [7, 11) is 1.98. The molecule has 2 heterocycles. The number of anilines is 1. The zero-order chi connectivity index (χ0) is 16.2. The van der Waals surface area contributed by atoms with Gasteiger partial charge in [-0.15, -0.1) is 5.11 Å². The van der Waals surface area contributed by atoms with Crippen molar-refractivity contribution in [2.24, 2.45) is 17.3 Å². The molecule has 0 bridgehead atoms. The van der Waals surface area contributed by atoms with Crippen molar-refractivity contribution in [3.8, 4) is 0 Å². The zero-order valence-electron chi connectivity index (χ0n) is 13.6. The monoisotopic (exact) mass is 342 g/mol. The van der Waals surface area contributed by atoms with Crippen molar-refractivity contribution >= 4 is 17.2 Å². The number of pyridine rings is 1. The lowest BCUT2D eigenvalue weighted by Crippen LogP contribution is -3.00. The number of azo groups is 1. The van der Waals surface area contributed by atoms with E-state index in [1.54, 1.807) is 10.9 Å². The number of aryl methyl sites for hydroxylation is 2. The molecule has 0 atom stereocenters. The number of halogens is 1. The van der Waals surface area contributed by atoms with Crippen LogP contribution in [0.2, 0.25) is 0 Å². The first-order chi connectivity index (χ1) is 11.1. The number of hydrogen-bond acceptors (Lipinski definition) is 4. The van der Waals surface area contributed by atoms with E-state index in [2.05, 4.69) is 15.3 Å². The highest BCUT2D eigenvalue weighted by atomic mass is 35.5. The van der Waals surface area contributed by atoms with Crippen molar-refractivity contribution in [3.05, 3.63) is 66.1 Å². The van der Waals surface area contributed by atoms with Gasteiger partial charge in [0.05, 0.1) is 18.4 Å². The van der Waals surface area contributed by atoms with Gasteiger partial charge in [0.1, 0.15) is 18.6 Å². The minimum Gasteiger partial charge on any atom is -1.00 e. The summed E-state index contributed by atoms with van der Waals surface area (Å²) in [5.41, 5.74) is 9.79. The Kier molecular flexibility index (Phi) is 5.65. The van der Waals surface area contributed by atoms with Gasteiger partial charge in [0.2, 0.25) is 0 Å². The molecule has 3 aromatic rings. The molecule has 0 aliphatic rings. The van der Waals surface area contributed by atoms with Crippen LogP contribution in [0.25, 0.3) is 0 Å². The van der Waals surface area contributed by atoms with Gasteiger partial charge in [-0.2, -0.15) is 10.2 Å². The van der Waals surface area contributed by atoms with Gasteiger partial charge in [0, 0.05) is 11.6 Å². The van der Waals surface area contributed by atoms with Crippen molar-refractivity contribution in [3.63, 3.8) is 0 Å². The first kappa shape index (κ1) is 17.6. The van der Waals surface area contributed by atoms with E-state index in [0.29, 0.717) is 18.1 Å². The van der Waals surface area contributed by atoms with Gasteiger partial charge in [0.25, 0.3) is 0 Å². The molecule has 0 saturated carbocycles. The van der Waals surface area contributed by atoms with Crippen molar-refractivity contribution in [1.29, 1.82) is 0 Å². The molecule has 0 radical (unpaired) electrons. The summed E-state index contributed by atoms with van der Waals surface area (Å²) >= 11 is 0. The number of aromatic nitrogens is 3. The molecule has 0 aliphatic heterocycles. The van der Waals surface area contributed by atoms with E-state index in [9.17, 15) is 0 Å². The van der Waals surface area contributed by atoms with Crippen LogP contribution in [0.15, 0.2) is 65.2 Å². The topological polar surface area (TPSA) is 72.4 Å². The molecule has 7 heteroatoms. The standard InChI is InChI=1S/C17H19N6.ClH/c1-13-5-7-15(8-6-13)20-21-16-10-19-23(17(16)18)12-14-4-3-9-22(2)11-14;/h3-11H,12,18H2,1-2H3;1H/q+1;/p-1. The average Bonchev–Trinajstić information content (AvgIpc) is 2.87. The number of nitrogens with zero attached hydrogens (tertiary/aromatic N) is 5. The summed E-state index contributed by atoms with van der Waals surface area (Å²) in [6.07, 6.45) is 5.65. The lowest BCUT2D eigenvalue weighted by atomic mass is 10.2. The molecule has 6 nitrogen and oxygen atoms in total. The molecule has 0 unspecified atom stereocenters. The maximum atomic E-state index is 6.12. The summed E-state index contributed by atoms with van der Waals surface area (Å²) in [5.74, 6) is 0.507. The summed E-state index contributed by atoms with van der Waals surface area (Å²) in [6, 6.07) is 11.9. The van der Waals surface area contributed by atoms with Crippen molar-refractivity contribution in [2.75, 3.05) is 5.73 Å². The van der Waals surface area contributed by atoms with Crippen LogP contribution in [-0.2, 0) is 13.6 Å². The first-order valence-corrected chi connectivity index (χ1v) is 7.36. The number of nitrogen functional groups attached to an aromatic ring is 1. The molecule has 2 N–H and O–H groups in total. The third-order valence-electron chi connectivity index (χ3n) is 3.50. The molecule has 124 valence electrons. The minimum absolute atomic E-state index is 0. The van der Waals surface area contributed by atoms with Crippen LogP contribution in [0.1, 0.15) is 11.1 Å². The molecular weight excluding hydrogens is 324 g/mol. The van der Waals surface area contributed by atoms with Gasteiger partial charge in [-0.25, -0.2) is 9.25 Å². The van der Waals surface area contributed by atoms with E-state index in [1.165, 1.54) is 5.56 Å². The van der Waals surface area contributed by atoms with Crippen LogP contribution in [-0.4, -0.2) is 9.78 Å². The van der Waals surface area contributed by atoms with E-state index in [4.69, 9.17) is 5.73 Å². The molecule has 2 aromatic heterocycles. The fourth-order valence-corrected chi connectivity index (χ4v) is 2.23. The summed E-state index contributed by atoms with van der Waals surface area (Å²) in [4.78, 5) is 0. The largest absolute Gasteiger partial charge is 1.00 e. The Morgan fingerprint density at radius 2 is 1.92 bits per heavy atom. The van der Waals surface area contributed by atoms with Gasteiger partial charge >= 0.3 is 0 Å². The highest BCUT2D eigenvalue weighted by Crippen LogP contribution is 2.24. The van der Waals surface area contributed by atoms with E-state index < -0.39 is 0 Å². The van der Waals surface area contributed by atoms with E-state index in [1.807, 2.05) is 67.3 Å². The highest BCUT2D eigenvalue weighted by molar-refractivity contribution is 5.56. The Labute approximate surface area is 147 Å². The molecule has 0 saturated heterocycles. The van der Waals surface area contributed by atoms with Crippen LogP contribution in [0.3, 0.4) is 0 Å². The molecule has 3 rings (SSSR count). The molecule has 0 amide bonds. The van der Waals surface area contributed by atoms with Crippen LogP contribution in [0, 0.1) is 6.92 Å². The zero-order valence-corrected chi connectivity index (χ0v) is 14.4. The maximum Gasteiger partial charge on any atom is 0.173 e. The normalized spacial score (nSPS) is 10.8. The Morgan fingerprint density at radius 3 is 2.62 bits per heavy atom. The second-order valence-electron chi connectivity index (χ2n) is 5.49. The van der Waals surface area contributed by atoms with Gasteiger partial charge in [0.15, 0.2) is 12.4 Å². The number of benzene rings is 1. The summed E-state index contributed by atoms with van der Waals surface area (Å²) in [5, 5.41) is 12.7. The highest BCUT2D eigenvalue weighted by Gasteiger charge is 2.08.